The van der Waals surface area contributed by atoms with Gasteiger partial charge in [-0.15, -0.1) is 0 Å². The SMILES string of the molecule is CN(NC(=O)OCC1c2ccccc2-c2ccccc21)C(=O)[C@H](Cc1ccccc1)NC(=O)OC(C)(C)C. The molecule has 0 radical (unpaired) electrons. The van der Waals surface area contributed by atoms with E-state index in [0.717, 1.165) is 32.8 Å². The lowest BCUT2D eigenvalue weighted by molar-refractivity contribution is -0.134. The molecule has 0 bridgehead atoms. The zero-order valence-corrected chi connectivity index (χ0v) is 22.1. The standard InChI is InChI=1S/C30H33N3O5/c1-30(2,3)38-28(35)31-26(18-20-12-6-5-7-13-20)27(34)33(4)32-29(36)37-19-25-23-16-10-8-14-21(23)22-15-9-11-17-24(22)25/h5-17,25-26H,18-19H2,1-4H3,(H,31,35)(H,32,36)/t26-/m0/s1. The molecule has 8 heteroatoms. The number of hydrogen-bond donors (Lipinski definition) is 2. The Kier molecular flexibility index (Phi) is 8.00. The Labute approximate surface area is 222 Å². The van der Waals surface area contributed by atoms with Crippen LogP contribution < -0.4 is 10.7 Å². The van der Waals surface area contributed by atoms with Crippen LogP contribution in [0.4, 0.5) is 9.59 Å². The molecule has 8 nitrogen and oxygen atoms in total. The smallest absolute Gasteiger partial charge is 0.426 e. The van der Waals surface area contributed by atoms with E-state index in [1.807, 2.05) is 66.7 Å². The van der Waals surface area contributed by atoms with Gasteiger partial charge in [0.1, 0.15) is 18.2 Å². The summed E-state index contributed by atoms with van der Waals surface area (Å²) in [4.78, 5) is 38.4. The van der Waals surface area contributed by atoms with Crippen LogP contribution >= 0.6 is 0 Å². The van der Waals surface area contributed by atoms with Crippen molar-refractivity contribution in [2.45, 2.75) is 44.8 Å². The first-order chi connectivity index (χ1) is 18.1. The van der Waals surface area contributed by atoms with Gasteiger partial charge in [0, 0.05) is 19.4 Å². The van der Waals surface area contributed by atoms with Crippen LogP contribution in [0.5, 0.6) is 0 Å². The molecule has 1 atom stereocenters. The van der Waals surface area contributed by atoms with Crippen LogP contribution in [-0.4, -0.2) is 48.4 Å². The first-order valence-electron chi connectivity index (χ1n) is 12.5. The van der Waals surface area contributed by atoms with Gasteiger partial charge in [-0.3, -0.25) is 9.80 Å². The molecule has 0 aliphatic heterocycles. The van der Waals surface area contributed by atoms with E-state index in [1.54, 1.807) is 20.8 Å². The minimum absolute atomic E-state index is 0.103. The minimum atomic E-state index is -0.967. The molecule has 3 amide bonds. The Hall–Kier alpha value is -4.33. The van der Waals surface area contributed by atoms with Crippen LogP contribution in [-0.2, 0) is 20.7 Å². The van der Waals surface area contributed by atoms with E-state index in [-0.39, 0.29) is 18.9 Å². The lowest BCUT2D eigenvalue weighted by Gasteiger charge is -2.26. The van der Waals surface area contributed by atoms with Crippen molar-refractivity contribution in [1.82, 2.24) is 15.8 Å². The van der Waals surface area contributed by atoms with Gasteiger partial charge in [0.15, 0.2) is 0 Å². The van der Waals surface area contributed by atoms with Gasteiger partial charge in [-0.05, 0) is 48.6 Å². The third-order valence-electron chi connectivity index (χ3n) is 6.20. The molecule has 1 aliphatic carbocycles. The van der Waals surface area contributed by atoms with Crippen LogP contribution in [0.2, 0.25) is 0 Å². The third kappa shape index (κ3) is 6.51. The molecule has 38 heavy (non-hydrogen) atoms. The van der Waals surface area contributed by atoms with Crippen LogP contribution in [0.15, 0.2) is 78.9 Å². The number of fused-ring (bicyclic) bond motifs is 3. The van der Waals surface area contributed by atoms with Crippen LogP contribution in [0.3, 0.4) is 0 Å². The molecule has 0 saturated carbocycles. The van der Waals surface area contributed by atoms with E-state index in [9.17, 15) is 14.4 Å². The lowest BCUT2D eigenvalue weighted by atomic mass is 9.98. The summed E-state index contributed by atoms with van der Waals surface area (Å²) in [5, 5.41) is 3.66. The third-order valence-corrected chi connectivity index (χ3v) is 6.20. The second kappa shape index (κ2) is 11.4. The summed E-state index contributed by atoms with van der Waals surface area (Å²) in [5.74, 6) is -0.623. The van der Waals surface area contributed by atoms with Crippen molar-refractivity contribution < 1.29 is 23.9 Å². The van der Waals surface area contributed by atoms with Gasteiger partial charge in [-0.2, -0.15) is 0 Å². The van der Waals surface area contributed by atoms with Crippen LogP contribution in [0.25, 0.3) is 11.1 Å². The highest BCUT2D eigenvalue weighted by Crippen LogP contribution is 2.44. The predicted octanol–water partition coefficient (Wildman–Crippen LogP) is 5.03. The summed E-state index contributed by atoms with van der Waals surface area (Å²) in [7, 11) is 1.42. The van der Waals surface area contributed by atoms with Gasteiger partial charge in [0.25, 0.3) is 5.91 Å². The first-order valence-corrected chi connectivity index (χ1v) is 12.5. The topological polar surface area (TPSA) is 97.0 Å². The summed E-state index contributed by atoms with van der Waals surface area (Å²) in [6.07, 6.45) is -1.27. The van der Waals surface area contributed by atoms with Gasteiger partial charge >= 0.3 is 12.2 Å². The fourth-order valence-electron chi connectivity index (χ4n) is 4.56. The quantitative estimate of drug-likeness (QED) is 0.449. The van der Waals surface area contributed by atoms with Gasteiger partial charge in [-0.1, -0.05) is 78.9 Å². The molecule has 0 spiro atoms. The molecular weight excluding hydrogens is 482 g/mol. The van der Waals surface area contributed by atoms with Crippen LogP contribution in [0, 0.1) is 0 Å². The van der Waals surface area contributed by atoms with E-state index in [1.165, 1.54) is 7.05 Å². The molecule has 4 rings (SSSR count). The maximum absolute atomic E-state index is 13.3. The molecule has 0 fully saturated rings. The molecule has 1 aliphatic rings. The molecule has 0 aromatic heterocycles. The molecule has 2 N–H and O–H groups in total. The highest BCUT2D eigenvalue weighted by molar-refractivity contribution is 5.87. The first kappa shape index (κ1) is 26.7. The van der Waals surface area contributed by atoms with Crippen molar-refractivity contribution in [1.29, 1.82) is 0 Å². The number of hydrazine groups is 1. The van der Waals surface area contributed by atoms with Gasteiger partial charge < -0.3 is 14.8 Å². The Morgan fingerprint density at radius 1 is 0.842 bits per heavy atom. The zero-order chi connectivity index (χ0) is 27.3. The number of likely N-dealkylation sites (N-methyl/N-ethyl adjacent to an activating group) is 1. The molecule has 0 heterocycles. The van der Waals surface area contributed by atoms with E-state index >= 15 is 0 Å². The Bertz CT molecular complexity index is 1260. The minimum Gasteiger partial charge on any atom is -0.447 e. The van der Waals surface area contributed by atoms with E-state index < -0.39 is 29.7 Å². The second-order valence-electron chi connectivity index (χ2n) is 10.2. The Balaban J connectivity index is 1.40. The summed E-state index contributed by atoms with van der Waals surface area (Å²) in [6.45, 7) is 5.34. The number of nitrogens with zero attached hydrogens (tertiary/aromatic N) is 1. The van der Waals surface area contributed by atoms with Gasteiger partial charge in [0.05, 0.1) is 0 Å². The number of nitrogens with one attached hydrogen (secondary N) is 2. The Morgan fingerprint density at radius 2 is 1.39 bits per heavy atom. The fourth-order valence-corrected chi connectivity index (χ4v) is 4.56. The van der Waals surface area contributed by atoms with Crippen molar-refractivity contribution in [3.8, 4) is 11.1 Å². The normalized spacial score (nSPS) is 13.1. The van der Waals surface area contributed by atoms with Gasteiger partial charge in [0.2, 0.25) is 0 Å². The number of carbonyl (C=O) groups is 3. The Morgan fingerprint density at radius 3 is 1.97 bits per heavy atom. The number of carbonyl (C=O) groups excluding carboxylic acids is 3. The number of benzene rings is 3. The second-order valence-corrected chi connectivity index (χ2v) is 10.2. The van der Waals surface area contributed by atoms with E-state index in [2.05, 4.69) is 22.9 Å². The summed E-state index contributed by atoms with van der Waals surface area (Å²) in [6, 6.07) is 24.4. The van der Waals surface area contributed by atoms with Crippen molar-refractivity contribution in [3.63, 3.8) is 0 Å². The number of ether oxygens (including phenoxy) is 2. The van der Waals surface area contributed by atoms with Crippen molar-refractivity contribution >= 4 is 18.1 Å². The molecule has 198 valence electrons. The summed E-state index contributed by atoms with van der Waals surface area (Å²) >= 11 is 0. The largest absolute Gasteiger partial charge is 0.447 e. The summed E-state index contributed by atoms with van der Waals surface area (Å²) in [5.41, 5.74) is 7.03. The zero-order valence-electron chi connectivity index (χ0n) is 22.1. The summed E-state index contributed by atoms with van der Waals surface area (Å²) < 4.78 is 10.9. The van der Waals surface area contributed by atoms with E-state index in [4.69, 9.17) is 9.47 Å². The predicted molar refractivity (Wildman–Crippen MR) is 144 cm³/mol. The monoisotopic (exact) mass is 515 g/mol. The number of rotatable bonds is 6. The van der Waals surface area contributed by atoms with Crippen molar-refractivity contribution in [2.24, 2.45) is 0 Å². The van der Waals surface area contributed by atoms with Crippen LogP contribution in [0.1, 0.15) is 43.4 Å². The number of hydrogen-bond acceptors (Lipinski definition) is 5. The molecular formula is C30H33N3O5. The number of alkyl carbamates (subject to hydrolysis) is 1. The molecule has 0 unspecified atom stereocenters. The average molecular weight is 516 g/mol. The van der Waals surface area contributed by atoms with Crippen molar-refractivity contribution in [3.05, 3.63) is 95.6 Å². The maximum atomic E-state index is 13.3. The molecule has 3 aromatic carbocycles. The van der Waals surface area contributed by atoms with Gasteiger partial charge in [-0.25, -0.2) is 15.0 Å². The van der Waals surface area contributed by atoms with Crippen molar-refractivity contribution in [2.75, 3.05) is 13.7 Å². The molecule has 3 aromatic rings. The highest BCUT2D eigenvalue weighted by atomic mass is 16.6. The van der Waals surface area contributed by atoms with E-state index in [0.29, 0.717) is 0 Å². The lowest BCUT2D eigenvalue weighted by Crippen LogP contribution is -2.54. The number of amides is 3. The fraction of sp³-hybridized carbons (Fsp3) is 0.300. The highest BCUT2D eigenvalue weighted by Gasteiger charge is 2.31. The maximum Gasteiger partial charge on any atom is 0.426 e. The molecule has 0 saturated heterocycles. The average Bonchev–Trinajstić information content (AvgIpc) is 3.20.